The zero-order chi connectivity index (χ0) is 17.7. The van der Waals surface area contributed by atoms with Gasteiger partial charge in [0.2, 0.25) is 0 Å². The van der Waals surface area contributed by atoms with Crippen molar-refractivity contribution in [3.05, 3.63) is 58.1 Å². The third-order valence-corrected chi connectivity index (χ3v) is 3.23. The first kappa shape index (κ1) is 17.2. The topological polar surface area (TPSA) is 114 Å². The molecule has 0 heterocycles. The smallest absolute Gasteiger partial charge is 0.282 e. The number of methoxy groups -OCH3 is 1. The number of carbonyl (C=O) groups is 1. The Balaban J connectivity index is 2.13. The van der Waals surface area contributed by atoms with Gasteiger partial charge in [-0.25, -0.2) is 0 Å². The van der Waals surface area contributed by atoms with Gasteiger partial charge in [-0.15, -0.1) is 0 Å². The van der Waals surface area contributed by atoms with Gasteiger partial charge in [0.15, 0.2) is 5.11 Å². The maximum Gasteiger partial charge on any atom is 0.282 e. The number of anilines is 1. The molecule has 3 N–H and O–H groups in total. The molecule has 2 aromatic rings. The quantitative estimate of drug-likeness (QED) is 0.337. The van der Waals surface area contributed by atoms with Crippen LogP contribution in [0.5, 0.6) is 11.5 Å². The summed E-state index contributed by atoms with van der Waals surface area (Å²) in [6, 6.07) is 9.94. The highest BCUT2D eigenvalue weighted by molar-refractivity contribution is 7.80. The molecule has 124 valence electrons. The fraction of sp³-hybridized carbons (Fsp3) is 0.0667. The van der Waals surface area contributed by atoms with Crippen LogP contribution < -0.4 is 15.4 Å². The van der Waals surface area contributed by atoms with E-state index in [1.165, 1.54) is 43.5 Å². The van der Waals surface area contributed by atoms with E-state index in [2.05, 4.69) is 10.6 Å². The number of para-hydroxylation sites is 1. The van der Waals surface area contributed by atoms with Gasteiger partial charge < -0.3 is 15.2 Å². The average Bonchev–Trinajstić information content (AvgIpc) is 2.56. The van der Waals surface area contributed by atoms with E-state index in [4.69, 9.17) is 17.0 Å². The van der Waals surface area contributed by atoms with Crippen molar-refractivity contribution in [1.82, 2.24) is 5.32 Å². The number of amides is 1. The van der Waals surface area contributed by atoms with Crippen molar-refractivity contribution in [2.75, 3.05) is 12.4 Å². The Morgan fingerprint density at radius 3 is 2.67 bits per heavy atom. The molecule has 24 heavy (non-hydrogen) atoms. The number of nitrogens with one attached hydrogen (secondary N) is 2. The normalized spacial score (nSPS) is 9.88. The van der Waals surface area contributed by atoms with Gasteiger partial charge in [-0.2, -0.15) is 0 Å². The van der Waals surface area contributed by atoms with Gasteiger partial charge in [-0.1, -0.05) is 12.1 Å². The van der Waals surface area contributed by atoms with E-state index in [-0.39, 0.29) is 27.8 Å². The molecule has 0 atom stereocenters. The molecule has 0 bridgehead atoms. The van der Waals surface area contributed by atoms with Crippen molar-refractivity contribution in [2.24, 2.45) is 0 Å². The van der Waals surface area contributed by atoms with Gasteiger partial charge in [-0.05, 0) is 30.4 Å². The van der Waals surface area contributed by atoms with Crippen LogP contribution in [0.2, 0.25) is 0 Å². The zero-order valence-corrected chi connectivity index (χ0v) is 13.3. The Kier molecular flexibility index (Phi) is 5.27. The number of phenols is 1. The molecule has 0 aliphatic carbocycles. The van der Waals surface area contributed by atoms with Crippen LogP contribution in [-0.4, -0.2) is 28.2 Å². The van der Waals surface area contributed by atoms with Crippen LogP contribution in [-0.2, 0) is 0 Å². The molecule has 2 rings (SSSR count). The number of carbonyl (C=O) groups excluding carboxylic acids is 1. The lowest BCUT2D eigenvalue weighted by Crippen LogP contribution is -2.34. The summed E-state index contributed by atoms with van der Waals surface area (Å²) < 4.78 is 5.03. The van der Waals surface area contributed by atoms with Gasteiger partial charge in [0.1, 0.15) is 17.1 Å². The number of nitro benzene ring substituents is 1. The van der Waals surface area contributed by atoms with Crippen LogP contribution in [0.4, 0.5) is 11.4 Å². The number of aromatic hydroxyl groups is 1. The largest absolute Gasteiger partial charge is 0.506 e. The van der Waals surface area contributed by atoms with E-state index in [0.29, 0.717) is 5.75 Å². The first-order valence-corrected chi connectivity index (χ1v) is 7.06. The molecular weight excluding hydrogens is 334 g/mol. The summed E-state index contributed by atoms with van der Waals surface area (Å²) in [5.74, 6) is -0.358. The number of phenolic OH excluding ortho intramolecular Hbond substituents is 1. The van der Waals surface area contributed by atoms with E-state index in [1.54, 1.807) is 6.07 Å². The summed E-state index contributed by atoms with van der Waals surface area (Å²) in [4.78, 5) is 22.4. The second-order valence-electron chi connectivity index (χ2n) is 4.57. The number of hydrogen-bond acceptors (Lipinski definition) is 6. The molecular formula is C15H13N3O5S. The van der Waals surface area contributed by atoms with Crippen LogP contribution >= 0.6 is 12.2 Å². The number of ether oxygens (including phenoxy) is 1. The van der Waals surface area contributed by atoms with Gasteiger partial charge in [-0.3, -0.25) is 20.2 Å². The molecule has 0 aromatic heterocycles. The van der Waals surface area contributed by atoms with Gasteiger partial charge >= 0.3 is 0 Å². The predicted octanol–water partition coefficient (Wildman–Crippen LogP) is 2.44. The highest BCUT2D eigenvalue weighted by Gasteiger charge is 2.20. The van der Waals surface area contributed by atoms with Crippen LogP contribution in [0.3, 0.4) is 0 Å². The molecule has 0 fully saturated rings. The highest BCUT2D eigenvalue weighted by Crippen LogP contribution is 2.27. The van der Waals surface area contributed by atoms with E-state index < -0.39 is 10.8 Å². The third kappa shape index (κ3) is 3.96. The summed E-state index contributed by atoms with van der Waals surface area (Å²) in [5, 5.41) is 25.6. The fourth-order valence-electron chi connectivity index (χ4n) is 1.89. The maximum atomic E-state index is 12.1. The highest BCUT2D eigenvalue weighted by atomic mass is 32.1. The molecule has 8 nitrogen and oxygen atoms in total. The third-order valence-electron chi connectivity index (χ3n) is 3.02. The van der Waals surface area contributed by atoms with Gasteiger partial charge in [0, 0.05) is 12.1 Å². The lowest BCUT2D eigenvalue weighted by Gasteiger charge is -2.12. The van der Waals surface area contributed by atoms with Crippen molar-refractivity contribution >= 4 is 34.6 Å². The lowest BCUT2D eigenvalue weighted by molar-refractivity contribution is -0.385. The van der Waals surface area contributed by atoms with Crippen molar-refractivity contribution in [1.29, 1.82) is 0 Å². The number of hydrogen-bond donors (Lipinski definition) is 3. The number of nitrogens with zero attached hydrogens (tertiary/aromatic N) is 1. The molecule has 0 radical (unpaired) electrons. The minimum atomic E-state index is -0.734. The average molecular weight is 347 g/mol. The summed E-state index contributed by atoms with van der Waals surface area (Å²) in [6.45, 7) is 0. The van der Waals surface area contributed by atoms with Gasteiger partial charge in [0.05, 0.1) is 17.7 Å². The summed E-state index contributed by atoms with van der Waals surface area (Å²) in [7, 11) is 1.46. The monoisotopic (exact) mass is 347 g/mol. The van der Waals surface area contributed by atoms with Crippen molar-refractivity contribution in [3.8, 4) is 11.5 Å². The molecule has 1 amide bonds. The SMILES string of the molecule is COc1ccc(O)c(NC(=S)NC(=O)c2ccccc2[N+](=O)[O-])c1. The first-order valence-electron chi connectivity index (χ1n) is 6.65. The maximum absolute atomic E-state index is 12.1. The van der Waals surface area contributed by atoms with E-state index in [0.717, 1.165) is 0 Å². The van der Waals surface area contributed by atoms with Crippen molar-refractivity contribution < 1.29 is 19.6 Å². The molecule has 0 spiro atoms. The lowest BCUT2D eigenvalue weighted by atomic mass is 10.1. The van der Waals surface area contributed by atoms with E-state index in [9.17, 15) is 20.0 Å². The molecule has 2 aromatic carbocycles. The Bertz CT molecular complexity index is 809. The predicted molar refractivity (Wildman–Crippen MR) is 91.4 cm³/mol. The Labute approximate surface area is 142 Å². The summed E-state index contributed by atoms with van der Waals surface area (Å²) in [5.41, 5.74) is -0.231. The summed E-state index contributed by atoms with van der Waals surface area (Å²) >= 11 is 5.00. The van der Waals surface area contributed by atoms with Crippen LogP contribution in [0, 0.1) is 10.1 Å². The second-order valence-corrected chi connectivity index (χ2v) is 4.97. The minimum absolute atomic E-state index is 0.0990. The van der Waals surface area contributed by atoms with Crippen LogP contribution in [0.15, 0.2) is 42.5 Å². The van der Waals surface area contributed by atoms with E-state index in [1.807, 2.05) is 0 Å². The Morgan fingerprint density at radius 2 is 2.00 bits per heavy atom. The minimum Gasteiger partial charge on any atom is -0.506 e. The second kappa shape index (κ2) is 7.38. The first-order chi connectivity index (χ1) is 11.4. The standard InChI is InChI=1S/C15H13N3O5S/c1-23-9-6-7-13(19)11(8-9)16-15(24)17-14(20)10-4-2-3-5-12(10)18(21)22/h2-8,19H,1H3,(H2,16,17,20,24). The summed E-state index contributed by atoms with van der Waals surface area (Å²) in [6.07, 6.45) is 0. The van der Waals surface area contributed by atoms with Crippen molar-refractivity contribution in [2.45, 2.75) is 0 Å². The number of nitro groups is 1. The number of rotatable bonds is 4. The Hall–Kier alpha value is -3.20. The van der Waals surface area contributed by atoms with Crippen LogP contribution in [0.1, 0.15) is 10.4 Å². The molecule has 0 unspecified atom stereocenters. The molecule has 0 aliphatic rings. The Morgan fingerprint density at radius 1 is 1.29 bits per heavy atom. The zero-order valence-electron chi connectivity index (χ0n) is 12.5. The van der Waals surface area contributed by atoms with Gasteiger partial charge in [0.25, 0.3) is 11.6 Å². The molecule has 9 heteroatoms. The molecule has 0 aliphatic heterocycles. The number of thiocarbonyl (C=S) groups is 1. The van der Waals surface area contributed by atoms with E-state index >= 15 is 0 Å². The van der Waals surface area contributed by atoms with Crippen molar-refractivity contribution in [3.63, 3.8) is 0 Å². The van der Waals surface area contributed by atoms with Crippen LogP contribution in [0.25, 0.3) is 0 Å². The fourth-order valence-corrected chi connectivity index (χ4v) is 2.09. The molecule has 0 saturated heterocycles. The number of benzene rings is 2. The molecule has 0 saturated carbocycles.